The largest absolute Gasteiger partial charge is 0.344 e. The molecule has 2 atom stereocenters. The van der Waals surface area contributed by atoms with Gasteiger partial charge in [0.1, 0.15) is 0 Å². The van der Waals surface area contributed by atoms with Gasteiger partial charge in [0.15, 0.2) is 0 Å². The van der Waals surface area contributed by atoms with Gasteiger partial charge in [0.05, 0.1) is 0 Å². The third-order valence-corrected chi connectivity index (χ3v) is 4.32. The Bertz CT molecular complexity index is 147. The molecule has 2 bridgehead atoms. The van der Waals surface area contributed by atoms with Crippen LogP contribution in [0, 0.1) is 16.7 Å². The van der Waals surface area contributed by atoms with Crippen molar-refractivity contribution in [1.29, 1.82) is 0 Å². The summed E-state index contributed by atoms with van der Waals surface area (Å²) in [4.78, 5) is 0. The van der Waals surface area contributed by atoms with E-state index in [2.05, 4.69) is 20.8 Å². The van der Waals surface area contributed by atoms with Crippen molar-refractivity contribution in [2.75, 3.05) is 0 Å². The van der Waals surface area contributed by atoms with Crippen molar-refractivity contribution < 1.29 is 0 Å². The third kappa shape index (κ3) is 0.926. The van der Waals surface area contributed by atoms with Crippen molar-refractivity contribution in [3.05, 3.63) is 0 Å². The number of rotatable bonds is 0. The Morgan fingerprint density at radius 2 is 1.64 bits per heavy atom. The molecule has 0 heterocycles. The zero-order valence-corrected chi connectivity index (χ0v) is 8.11. The van der Waals surface area contributed by atoms with Crippen molar-refractivity contribution in [3.63, 3.8) is 0 Å². The maximum Gasteiger partial charge on any atom is -0.0269 e. The molecule has 3 saturated carbocycles. The quantitative estimate of drug-likeness (QED) is 0.568. The molecule has 0 aromatic rings. The minimum absolute atomic E-state index is 0. The standard InChI is InChI=1S/C9H16.2H3N/c1-8(2)7-4-5-9(8,3)6-7;;/h7H,4-6H2,1-3H3;2*1H3. The highest BCUT2D eigenvalue weighted by molar-refractivity contribution is 5.10. The Labute approximate surface area is 69.9 Å². The Kier molecular flexibility index (Phi) is 2.44. The number of fused-ring (bicyclic) bond motifs is 1. The highest BCUT2D eigenvalue weighted by atomic mass is 14.7. The zero-order chi connectivity index (χ0) is 6.70. The molecule has 2 heteroatoms. The fourth-order valence-corrected chi connectivity index (χ4v) is 2.80. The van der Waals surface area contributed by atoms with E-state index < -0.39 is 0 Å². The van der Waals surface area contributed by atoms with Crippen molar-refractivity contribution in [3.8, 4) is 0 Å². The fourth-order valence-electron chi connectivity index (χ4n) is 2.80. The molecule has 3 aliphatic carbocycles. The fraction of sp³-hybridized carbons (Fsp3) is 1.00. The molecule has 0 aromatic heterocycles. The van der Waals surface area contributed by atoms with E-state index in [4.69, 9.17) is 0 Å². The first-order valence-corrected chi connectivity index (χ1v) is 4.06. The van der Waals surface area contributed by atoms with Crippen LogP contribution in [0.15, 0.2) is 0 Å². The molecule has 3 rings (SSSR count). The second kappa shape index (κ2) is 2.46. The topological polar surface area (TPSA) is 70.0 Å². The summed E-state index contributed by atoms with van der Waals surface area (Å²) < 4.78 is 0. The normalized spacial score (nSPS) is 43.4. The monoisotopic (exact) mass is 158 g/mol. The van der Waals surface area contributed by atoms with Crippen LogP contribution < -0.4 is 12.3 Å². The van der Waals surface area contributed by atoms with Crippen LogP contribution in [-0.4, -0.2) is 0 Å². The Balaban J connectivity index is 0.000000500. The minimum atomic E-state index is 0. The molecule has 3 fully saturated rings. The van der Waals surface area contributed by atoms with Crippen LogP contribution in [0.2, 0.25) is 0 Å². The highest BCUT2D eigenvalue weighted by Gasteiger charge is 2.61. The molecule has 11 heavy (non-hydrogen) atoms. The first kappa shape index (κ1) is 10.9. The van der Waals surface area contributed by atoms with Crippen LogP contribution in [0.1, 0.15) is 40.0 Å². The average molecular weight is 158 g/mol. The second-order valence-electron chi connectivity index (χ2n) is 4.72. The van der Waals surface area contributed by atoms with E-state index in [0.717, 1.165) is 11.3 Å². The van der Waals surface area contributed by atoms with E-state index in [0.29, 0.717) is 5.41 Å². The molecule has 0 radical (unpaired) electrons. The lowest BCUT2D eigenvalue weighted by molar-refractivity contribution is -0.0393. The number of hydrogen-bond acceptors (Lipinski definition) is 2. The molecule has 0 aromatic carbocycles. The molecule has 3 aliphatic rings. The van der Waals surface area contributed by atoms with Crippen molar-refractivity contribution in [2.24, 2.45) is 16.7 Å². The van der Waals surface area contributed by atoms with E-state index in [9.17, 15) is 0 Å². The van der Waals surface area contributed by atoms with Crippen LogP contribution in [0.5, 0.6) is 0 Å². The first-order valence-electron chi connectivity index (χ1n) is 4.06. The predicted octanol–water partition coefficient (Wildman–Crippen LogP) is 3.16. The van der Waals surface area contributed by atoms with Gasteiger partial charge >= 0.3 is 0 Å². The van der Waals surface area contributed by atoms with Crippen molar-refractivity contribution in [1.82, 2.24) is 12.3 Å². The van der Waals surface area contributed by atoms with E-state index in [1.54, 1.807) is 0 Å². The Morgan fingerprint density at radius 1 is 1.09 bits per heavy atom. The summed E-state index contributed by atoms with van der Waals surface area (Å²) in [6, 6.07) is 0. The maximum absolute atomic E-state index is 2.45. The molecule has 6 N–H and O–H groups in total. The molecule has 2 unspecified atom stereocenters. The lowest BCUT2D eigenvalue weighted by atomic mass is 9.52. The summed E-state index contributed by atoms with van der Waals surface area (Å²) >= 11 is 0. The Hall–Kier alpha value is -0.0800. The van der Waals surface area contributed by atoms with Crippen LogP contribution in [0.3, 0.4) is 0 Å². The van der Waals surface area contributed by atoms with Gasteiger partial charge in [0.2, 0.25) is 0 Å². The van der Waals surface area contributed by atoms with Gasteiger partial charge in [-0.15, -0.1) is 0 Å². The Morgan fingerprint density at radius 3 is 1.73 bits per heavy atom. The molecule has 0 amide bonds. The lowest BCUT2D eigenvalue weighted by Gasteiger charge is -2.53. The minimum Gasteiger partial charge on any atom is -0.344 e. The van der Waals surface area contributed by atoms with Gasteiger partial charge in [-0.2, -0.15) is 0 Å². The van der Waals surface area contributed by atoms with Crippen LogP contribution in [0.4, 0.5) is 0 Å². The summed E-state index contributed by atoms with van der Waals surface area (Å²) in [6.07, 6.45) is 4.51. The molecular weight excluding hydrogens is 136 g/mol. The zero-order valence-electron chi connectivity index (χ0n) is 8.11. The lowest BCUT2D eigenvalue weighted by Crippen LogP contribution is -2.45. The second-order valence-corrected chi connectivity index (χ2v) is 4.72. The molecular formula is C9H22N2. The van der Waals surface area contributed by atoms with Gasteiger partial charge in [-0.25, -0.2) is 0 Å². The van der Waals surface area contributed by atoms with Gasteiger partial charge in [-0.1, -0.05) is 20.8 Å². The summed E-state index contributed by atoms with van der Waals surface area (Å²) in [5.41, 5.74) is 1.42. The maximum atomic E-state index is 2.45. The SMILES string of the molecule is CC12CCC(C1)C2(C)C.N.N. The average Bonchev–Trinajstić information content (AvgIpc) is 2.21. The van der Waals surface area contributed by atoms with Gasteiger partial charge < -0.3 is 12.3 Å². The summed E-state index contributed by atoms with van der Waals surface area (Å²) in [7, 11) is 0. The smallest absolute Gasteiger partial charge is 0.0269 e. The van der Waals surface area contributed by atoms with Gasteiger partial charge in [-0.3, -0.25) is 0 Å². The summed E-state index contributed by atoms with van der Waals surface area (Å²) in [5.74, 6) is 1.07. The van der Waals surface area contributed by atoms with Crippen LogP contribution in [-0.2, 0) is 0 Å². The van der Waals surface area contributed by atoms with E-state index in [1.165, 1.54) is 19.3 Å². The van der Waals surface area contributed by atoms with E-state index >= 15 is 0 Å². The van der Waals surface area contributed by atoms with Gasteiger partial charge in [0.25, 0.3) is 0 Å². The third-order valence-electron chi connectivity index (χ3n) is 4.32. The van der Waals surface area contributed by atoms with Gasteiger partial charge in [0, 0.05) is 0 Å². The van der Waals surface area contributed by atoms with Crippen LogP contribution in [0.25, 0.3) is 0 Å². The van der Waals surface area contributed by atoms with E-state index in [1.807, 2.05) is 0 Å². The molecule has 68 valence electrons. The molecule has 2 nitrogen and oxygen atoms in total. The first-order chi connectivity index (χ1) is 4.06. The predicted molar refractivity (Wildman–Crippen MR) is 49.3 cm³/mol. The molecule has 0 saturated heterocycles. The van der Waals surface area contributed by atoms with E-state index in [-0.39, 0.29) is 12.3 Å². The van der Waals surface area contributed by atoms with Crippen molar-refractivity contribution in [2.45, 2.75) is 40.0 Å². The van der Waals surface area contributed by atoms with Crippen molar-refractivity contribution >= 4 is 0 Å². The van der Waals surface area contributed by atoms with Crippen LogP contribution >= 0.6 is 0 Å². The summed E-state index contributed by atoms with van der Waals surface area (Å²) in [5, 5.41) is 0. The van der Waals surface area contributed by atoms with Gasteiger partial charge in [-0.05, 0) is 36.0 Å². The number of hydrogen-bond donors (Lipinski definition) is 2. The molecule has 0 spiro atoms. The highest BCUT2D eigenvalue weighted by Crippen LogP contribution is 2.70. The summed E-state index contributed by atoms with van der Waals surface area (Å²) in [6.45, 7) is 7.33. The molecule has 0 aliphatic heterocycles.